The van der Waals surface area contributed by atoms with Crippen molar-refractivity contribution in [1.29, 1.82) is 0 Å². The van der Waals surface area contributed by atoms with Gasteiger partial charge in [0, 0.05) is 29.9 Å². The summed E-state index contributed by atoms with van der Waals surface area (Å²) < 4.78 is 11.8. The lowest BCUT2D eigenvalue weighted by Crippen LogP contribution is -2.27. The summed E-state index contributed by atoms with van der Waals surface area (Å²) in [4.78, 5) is 40.8. The van der Waals surface area contributed by atoms with Crippen LogP contribution >= 0.6 is 11.3 Å². The van der Waals surface area contributed by atoms with Crippen LogP contribution in [-0.4, -0.2) is 39.7 Å². The Labute approximate surface area is 195 Å². The average Bonchev–Trinajstić information content (AvgIpc) is 3.34. The number of aromatic nitrogens is 2. The maximum atomic E-state index is 12.7. The van der Waals surface area contributed by atoms with Gasteiger partial charge in [0.05, 0.1) is 12.3 Å². The monoisotopic (exact) mass is 470 g/mol. The second kappa shape index (κ2) is 9.86. The first-order valence-electron chi connectivity index (χ1n) is 10.3. The molecule has 0 unspecified atom stereocenters. The highest BCUT2D eigenvalue weighted by Crippen LogP contribution is 2.26. The number of nitrogens with zero attached hydrogens (tertiary/aromatic N) is 2. The number of hydrogen-bond acceptors (Lipinski definition) is 7. The first-order chi connectivity index (χ1) is 15.6. The fourth-order valence-electron chi connectivity index (χ4n) is 2.88. The topological polar surface area (TPSA) is 112 Å². The van der Waals surface area contributed by atoms with E-state index in [1.165, 1.54) is 11.3 Å². The molecule has 1 aromatic carbocycles. The SMILES string of the molecule is CCOC(=O)c1csc(-c2ccc(NC(=O)c3cc(NC(=O)OC(C)(C)C)cn3C)cc2)n1. The van der Waals surface area contributed by atoms with Crippen molar-refractivity contribution in [1.82, 2.24) is 9.55 Å². The summed E-state index contributed by atoms with van der Waals surface area (Å²) in [6.45, 7) is 7.35. The predicted octanol–water partition coefficient (Wildman–Crippen LogP) is 4.92. The molecule has 0 fully saturated rings. The van der Waals surface area contributed by atoms with Crippen LogP contribution in [-0.2, 0) is 16.5 Å². The second-order valence-corrected chi connectivity index (χ2v) is 9.00. The number of carbonyl (C=O) groups excluding carboxylic acids is 3. The molecule has 3 aromatic rings. The lowest BCUT2D eigenvalue weighted by Gasteiger charge is -2.19. The van der Waals surface area contributed by atoms with Crippen LogP contribution in [0.3, 0.4) is 0 Å². The molecule has 0 aliphatic rings. The lowest BCUT2D eigenvalue weighted by atomic mass is 10.2. The van der Waals surface area contributed by atoms with E-state index in [9.17, 15) is 14.4 Å². The molecule has 2 aromatic heterocycles. The minimum absolute atomic E-state index is 0.272. The maximum absolute atomic E-state index is 12.7. The standard InChI is InChI=1S/C23H26N4O5S/c1-6-31-21(29)17-13-33-20(26-17)14-7-9-15(10-8-14)24-19(28)18-11-16(12-27(18)5)25-22(30)32-23(2,3)4/h7-13H,6H2,1-5H3,(H,24,28)(H,25,30). The summed E-state index contributed by atoms with van der Waals surface area (Å²) in [6, 6.07) is 8.69. The Morgan fingerprint density at radius 2 is 1.79 bits per heavy atom. The molecule has 2 amide bonds. The van der Waals surface area contributed by atoms with Crippen molar-refractivity contribution in [2.75, 3.05) is 17.2 Å². The fraction of sp³-hybridized carbons (Fsp3) is 0.304. The van der Waals surface area contributed by atoms with Crippen LogP contribution < -0.4 is 10.6 Å². The summed E-state index contributed by atoms with van der Waals surface area (Å²) >= 11 is 1.34. The lowest BCUT2D eigenvalue weighted by molar-refractivity contribution is 0.0519. The number of hydrogen-bond donors (Lipinski definition) is 2. The van der Waals surface area contributed by atoms with E-state index >= 15 is 0 Å². The zero-order chi connectivity index (χ0) is 24.2. The third-order valence-electron chi connectivity index (χ3n) is 4.26. The molecule has 9 nitrogen and oxygen atoms in total. The fourth-order valence-corrected chi connectivity index (χ4v) is 3.67. The molecule has 33 heavy (non-hydrogen) atoms. The number of amides is 2. The highest BCUT2D eigenvalue weighted by molar-refractivity contribution is 7.13. The van der Waals surface area contributed by atoms with Crippen molar-refractivity contribution in [2.45, 2.75) is 33.3 Å². The van der Waals surface area contributed by atoms with Crippen molar-refractivity contribution in [3.63, 3.8) is 0 Å². The van der Waals surface area contributed by atoms with E-state index in [1.807, 2.05) is 12.1 Å². The summed E-state index contributed by atoms with van der Waals surface area (Å²) in [6.07, 6.45) is 1.04. The molecule has 0 radical (unpaired) electrons. The molecular weight excluding hydrogens is 444 g/mol. The van der Waals surface area contributed by atoms with E-state index in [4.69, 9.17) is 9.47 Å². The van der Waals surface area contributed by atoms with Gasteiger partial charge in [-0.25, -0.2) is 14.6 Å². The number of carbonyl (C=O) groups is 3. The third kappa shape index (κ3) is 6.42. The number of ether oxygens (including phenoxy) is 2. The Bertz CT molecular complexity index is 1160. The molecule has 0 saturated heterocycles. The van der Waals surface area contributed by atoms with E-state index in [0.717, 1.165) is 5.56 Å². The Balaban J connectivity index is 1.65. The number of anilines is 2. The van der Waals surface area contributed by atoms with E-state index in [-0.39, 0.29) is 11.6 Å². The van der Waals surface area contributed by atoms with Gasteiger partial charge in [-0.15, -0.1) is 11.3 Å². The van der Waals surface area contributed by atoms with Gasteiger partial charge in [-0.2, -0.15) is 0 Å². The van der Waals surface area contributed by atoms with Crippen molar-refractivity contribution in [3.05, 3.63) is 53.3 Å². The number of nitrogens with one attached hydrogen (secondary N) is 2. The van der Waals surface area contributed by atoms with Crippen molar-refractivity contribution in [2.24, 2.45) is 7.05 Å². The van der Waals surface area contributed by atoms with Gasteiger partial charge in [0.2, 0.25) is 0 Å². The van der Waals surface area contributed by atoms with Crippen LogP contribution in [0.2, 0.25) is 0 Å². The zero-order valence-electron chi connectivity index (χ0n) is 19.1. The van der Waals surface area contributed by atoms with Gasteiger partial charge in [0.25, 0.3) is 5.91 Å². The van der Waals surface area contributed by atoms with Crippen LogP contribution in [0.4, 0.5) is 16.2 Å². The van der Waals surface area contributed by atoms with E-state index in [0.29, 0.717) is 28.7 Å². The predicted molar refractivity (Wildman–Crippen MR) is 127 cm³/mol. The Morgan fingerprint density at radius 3 is 2.42 bits per heavy atom. The van der Waals surface area contributed by atoms with Crippen molar-refractivity contribution >= 4 is 40.7 Å². The molecule has 2 heterocycles. The Morgan fingerprint density at radius 1 is 1.09 bits per heavy atom. The zero-order valence-corrected chi connectivity index (χ0v) is 19.9. The Kier molecular flexibility index (Phi) is 7.17. The molecule has 0 saturated carbocycles. The smallest absolute Gasteiger partial charge is 0.412 e. The van der Waals surface area contributed by atoms with Gasteiger partial charge >= 0.3 is 12.1 Å². The second-order valence-electron chi connectivity index (χ2n) is 8.14. The summed E-state index contributed by atoms with van der Waals surface area (Å²) in [7, 11) is 1.71. The summed E-state index contributed by atoms with van der Waals surface area (Å²) in [5.74, 6) is -0.784. The van der Waals surface area contributed by atoms with Gasteiger partial charge in [-0.3, -0.25) is 10.1 Å². The molecule has 2 N–H and O–H groups in total. The average molecular weight is 471 g/mol. The van der Waals surface area contributed by atoms with Crippen LogP contribution in [0, 0.1) is 0 Å². The van der Waals surface area contributed by atoms with E-state index < -0.39 is 17.7 Å². The minimum Gasteiger partial charge on any atom is -0.461 e. The third-order valence-corrected chi connectivity index (χ3v) is 5.15. The van der Waals surface area contributed by atoms with Crippen molar-refractivity contribution < 1.29 is 23.9 Å². The van der Waals surface area contributed by atoms with Crippen LogP contribution in [0.5, 0.6) is 0 Å². The van der Waals surface area contributed by atoms with Gasteiger partial charge in [0.15, 0.2) is 5.69 Å². The highest BCUT2D eigenvalue weighted by atomic mass is 32.1. The maximum Gasteiger partial charge on any atom is 0.412 e. The molecule has 174 valence electrons. The number of benzene rings is 1. The van der Waals surface area contributed by atoms with Crippen molar-refractivity contribution in [3.8, 4) is 10.6 Å². The molecular formula is C23H26N4O5S. The molecule has 0 bridgehead atoms. The summed E-state index contributed by atoms with van der Waals surface area (Å²) in [5.41, 5.74) is 1.88. The number of esters is 1. The minimum atomic E-state index is -0.621. The van der Waals surface area contributed by atoms with Gasteiger partial charge in [-0.1, -0.05) is 0 Å². The number of thiazole rings is 1. The first kappa shape index (κ1) is 24.0. The highest BCUT2D eigenvalue weighted by Gasteiger charge is 2.19. The van der Waals surface area contributed by atoms with Gasteiger partial charge in [0.1, 0.15) is 16.3 Å². The van der Waals surface area contributed by atoms with Crippen LogP contribution in [0.25, 0.3) is 10.6 Å². The quantitative estimate of drug-likeness (QED) is 0.495. The molecule has 3 rings (SSSR count). The normalized spacial score (nSPS) is 11.1. The molecule has 10 heteroatoms. The molecule has 0 aliphatic heterocycles. The van der Waals surface area contributed by atoms with Gasteiger partial charge < -0.3 is 19.4 Å². The van der Waals surface area contributed by atoms with E-state index in [2.05, 4.69) is 15.6 Å². The number of rotatable bonds is 6. The molecule has 0 spiro atoms. The largest absolute Gasteiger partial charge is 0.461 e. The first-order valence-corrected chi connectivity index (χ1v) is 11.1. The van der Waals surface area contributed by atoms with E-state index in [1.54, 1.807) is 69.1 Å². The Hall–Kier alpha value is -3.66. The summed E-state index contributed by atoms with van der Waals surface area (Å²) in [5, 5.41) is 7.78. The number of aryl methyl sites for hydroxylation is 1. The van der Waals surface area contributed by atoms with Gasteiger partial charge in [-0.05, 0) is 58.0 Å². The van der Waals surface area contributed by atoms with Crippen LogP contribution in [0.15, 0.2) is 41.9 Å². The molecule has 0 aliphatic carbocycles. The molecule has 0 atom stereocenters. The van der Waals surface area contributed by atoms with Crippen LogP contribution in [0.1, 0.15) is 48.7 Å².